The molecule has 1 heterocycles. The third-order valence-electron chi connectivity index (χ3n) is 3.96. The van der Waals surface area contributed by atoms with Crippen LogP contribution < -0.4 is 4.72 Å². The number of anilines is 1. The molecular formula is C16H20N2O2S. The van der Waals surface area contributed by atoms with Crippen LogP contribution in [0.25, 0.3) is 0 Å². The first-order valence-electron chi connectivity index (χ1n) is 6.76. The monoisotopic (exact) mass is 304 g/mol. The lowest BCUT2D eigenvalue weighted by atomic mass is 10.00. The van der Waals surface area contributed by atoms with Crippen molar-refractivity contribution in [3.8, 4) is 0 Å². The van der Waals surface area contributed by atoms with E-state index in [1.807, 2.05) is 40.7 Å². The second-order valence-electron chi connectivity index (χ2n) is 5.34. The lowest BCUT2D eigenvalue weighted by Crippen LogP contribution is -2.17. The molecule has 0 aliphatic rings. The maximum Gasteiger partial charge on any atom is 0.263 e. The number of hydrogen-bond acceptors (Lipinski definition) is 3. The number of sulfonamides is 1. The van der Waals surface area contributed by atoms with Crippen LogP contribution in [-0.2, 0) is 10.0 Å². The van der Waals surface area contributed by atoms with Gasteiger partial charge in [-0.05, 0) is 74.6 Å². The average molecular weight is 304 g/mol. The van der Waals surface area contributed by atoms with Crippen LogP contribution >= 0.6 is 0 Å². The minimum Gasteiger partial charge on any atom is -0.263 e. The number of benzene rings is 1. The zero-order valence-electron chi connectivity index (χ0n) is 13.0. The first-order chi connectivity index (χ1) is 9.74. The molecule has 0 aliphatic heterocycles. The summed E-state index contributed by atoms with van der Waals surface area (Å²) in [4.78, 5) is 4.40. The van der Waals surface area contributed by atoms with Gasteiger partial charge in [0.1, 0.15) is 5.82 Å². The summed E-state index contributed by atoms with van der Waals surface area (Å²) in [5, 5.41) is 0. The Balaban J connectivity index is 2.53. The molecule has 5 heteroatoms. The summed E-state index contributed by atoms with van der Waals surface area (Å²) in [7, 11) is -3.64. The highest BCUT2D eigenvalue weighted by Gasteiger charge is 2.21. The van der Waals surface area contributed by atoms with E-state index in [4.69, 9.17) is 0 Å². The Bertz CT molecular complexity index is 796. The van der Waals surface area contributed by atoms with Crippen molar-refractivity contribution in [3.05, 3.63) is 52.2 Å². The van der Waals surface area contributed by atoms with E-state index >= 15 is 0 Å². The van der Waals surface area contributed by atoms with Gasteiger partial charge in [0, 0.05) is 6.20 Å². The quantitative estimate of drug-likeness (QED) is 0.945. The van der Waals surface area contributed by atoms with Gasteiger partial charge in [0.05, 0.1) is 4.90 Å². The Kier molecular flexibility index (Phi) is 4.05. The molecule has 1 aromatic carbocycles. The topological polar surface area (TPSA) is 59.1 Å². The van der Waals surface area contributed by atoms with E-state index in [9.17, 15) is 8.42 Å². The first-order valence-corrected chi connectivity index (χ1v) is 8.24. The maximum atomic E-state index is 12.6. The summed E-state index contributed by atoms with van der Waals surface area (Å²) in [5.74, 6) is 0.368. The molecule has 1 N–H and O–H groups in total. The lowest BCUT2D eigenvalue weighted by Gasteiger charge is -2.16. The molecule has 4 nitrogen and oxygen atoms in total. The molecule has 0 unspecified atom stereocenters. The normalized spacial score (nSPS) is 11.5. The number of nitrogens with zero attached hydrogens (tertiary/aromatic N) is 1. The van der Waals surface area contributed by atoms with E-state index in [2.05, 4.69) is 9.71 Å². The van der Waals surface area contributed by atoms with Crippen LogP contribution in [0.2, 0.25) is 0 Å². The third-order valence-corrected chi connectivity index (χ3v) is 5.43. The maximum absolute atomic E-state index is 12.6. The number of hydrogen-bond donors (Lipinski definition) is 1. The predicted octanol–water partition coefficient (Wildman–Crippen LogP) is 3.42. The predicted molar refractivity (Wildman–Crippen MR) is 85.2 cm³/mol. The van der Waals surface area contributed by atoms with Gasteiger partial charge >= 0.3 is 0 Å². The summed E-state index contributed by atoms with van der Waals surface area (Å²) < 4.78 is 27.9. The SMILES string of the molecule is Cc1cccnc1NS(=O)(=O)c1cc(C)c(C)c(C)c1C. The molecule has 0 bridgehead atoms. The van der Waals surface area contributed by atoms with Crippen molar-refractivity contribution in [1.29, 1.82) is 0 Å². The molecule has 0 amide bonds. The van der Waals surface area contributed by atoms with E-state index in [0.29, 0.717) is 10.7 Å². The second kappa shape index (κ2) is 5.48. The van der Waals surface area contributed by atoms with Crippen molar-refractivity contribution in [3.63, 3.8) is 0 Å². The standard InChI is InChI=1S/C16H20N2O2S/c1-10-7-6-8-17-16(10)18-21(19,20)15-9-11(2)12(3)13(4)14(15)5/h6-9H,1-5H3,(H,17,18). The molecule has 21 heavy (non-hydrogen) atoms. The van der Waals surface area contributed by atoms with E-state index in [-0.39, 0.29) is 0 Å². The molecule has 2 aromatic rings. The van der Waals surface area contributed by atoms with Crippen LogP contribution in [0.1, 0.15) is 27.8 Å². The minimum absolute atomic E-state index is 0.313. The van der Waals surface area contributed by atoms with Crippen LogP contribution in [0.5, 0.6) is 0 Å². The Morgan fingerprint density at radius 2 is 1.62 bits per heavy atom. The minimum atomic E-state index is -3.64. The lowest BCUT2D eigenvalue weighted by molar-refractivity contribution is 0.600. The van der Waals surface area contributed by atoms with Crippen molar-refractivity contribution >= 4 is 15.8 Å². The molecule has 0 spiro atoms. The smallest absolute Gasteiger partial charge is 0.263 e. The van der Waals surface area contributed by atoms with Crippen LogP contribution in [0, 0.1) is 34.6 Å². The summed E-state index contributed by atoms with van der Waals surface area (Å²) in [5.41, 5.74) is 4.67. The average Bonchev–Trinajstić information content (AvgIpc) is 2.42. The highest BCUT2D eigenvalue weighted by Crippen LogP contribution is 2.26. The van der Waals surface area contributed by atoms with E-state index in [0.717, 1.165) is 27.8 Å². The Hall–Kier alpha value is -1.88. The fraction of sp³-hybridized carbons (Fsp3) is 0.312. The summed E-state index contributed by atoms with van der Waals surface area (Å²) in [6.45, 7) is 9.53. The zero-order chi connectivity index (χ0) is 15.8. The molecule has 0 atom stereocenters. The molecule has 0 aliphatic carbocycles. The third kappa shape index (κ3) is 2.93. The second-order valence-corrected chi connectivity index (χ2v) is 6.99. The largest absolute Gasteiger partial charge is 0.263 e. The Morgan fingerprint density at radius 3 is 2.24 bits per heavy atom. The van der Waals surface area contributed by atoms with Crippen molar-refractivity contribution in [1.82, 2.24) is 4.98 Å². The first kappa shape index (κ1) is 15.5. The molecule has 0 saturated heterocycles. The van der Waals surface area contributed by atoms with E-state index in [1.165, 1.54) is 0 Å². The molecule has 0 fully saturated rings. The van der Waals surface area contributed by atoms with Gasteiger partial charge in [0.25, 0.3) is 10.0 Å². The Morgan fingerprint density at radius 1 is 0.952 bits per heavy atom. The molecule has 0 radical (unpaired) electrons. The van der Waals surface area contributed by atoms with E-state index < -0.39 is 10.0 Å². The van der Waals surface area contributed by atoms with Crippen molar-refractivity contribution < 1.29 is 8.42 Å². The van der Waals surface area contributed by atoms with Crippen molar-refractivity contribution in [2.75, 3.05) is 4.72 Å². The van der Waals surface area contributed by atoms with Gasteiger partial charge in [0.15, 0.2) is 0 Å². The van der Waals surface area contributed by atoms with Gasteiger partial charge in [-0.3, -0.25) is 4.72 Å². The number of pyridine rings is 1. The van der Waals surface area contributed by atoms with Crippen LogP contribution in [0.15, 0.2) is 29.3 Å². The zero-order valence-corrected chi connectivity index (χ0v) is 13.8. The number of aryl methyl sites for hydroxylation is 2. The fourth-order valence-corrected chi connectivity index (χ4v) is 3.70. The number of nitrogens with one attached hydrogen (secondary N) is 1. The van der Waals surface area contributed by atoms with Gasteiger partial charge in [-0.15, -0.1) is 0 Å². The highest BCUT2D eigenvalue weighted by molar-refractivity contribution is 7.92. The van der Waals surface area contributed by atoms with Crippen LogP contribution in [0.3, 0.4) is 0 Å². The molecule has 1 aromatic heterocycles. The summed E-state index contributed by atoms with van der Waals surface area (Å²) in [6.07, 6.45) is 1.57. The number of rotatable bonds is 3. The molecule has 112 valence electrons. The van der Waals surface area contributed by atoms with Crippen molar-refractivity contribution in [2.24, 2.45) is 0 Å². The van der Waals surface area contributed by atoms with Gasteiger partial charge < -0.3 is 0 Å². The van der Waals surface area contributed by atoms with Gasteiger partial charge in [0.2, 0.25) is 0 Å². The highest BCUT2D eigenvalue weighted by atomic mass is 32.2. The van der Waals surface area contributed by atoms with E-state index in [1.54, 1.807) is 18.3 Å². The van der Waals surface area contributed by atoms with Crippen molar-refractivity contribution in [2.45, 2.75) is 39.5 Å². The summed E-state index contributed by atoms with van der Waals surface area (Å²) in [6, 6.07) is 5.32. The molecule has 2 rings (SSSR count). The van der Waals surface area contributed by atoms with Gasteiger partial charge in [-0.1, -0.05) is 6.07 Å². The van der Waals surface area contributed by atoms with Gasteiger partial charge in [-0.2, -0.15) is 0 Å². The Labute approximate surface area is 126 Å². The number of aromatic nitrogens is 1. The summed E-state index contributed by atoms with van der Waals surface area (Å²) >= 11 is 0. The van der Waals surface area contributed by atoms with Gasteiger partial charge in [-0.25, -0.2) is 13.4 Å². The molecular weight excluding hydrogens is 284 g/mol. The van der Waals surface area contributed by atoms with Crippen LogP contribution in [-0.4, -0.2) is 13.4 Å². The fourth-order valence-electron chi connectivity index (χ4n) is 2.23. The molecule has 0 saturated carbocycles. The van der Waals surface area contributed by atoms with Crippen LogP contribution in [0.4, 0.5) is 5.82 Å².